The van der Waals surface area contributed by atoms with Gasteiger partial charge in [0.25, 0.3) is 0 Å². The molecule has 1 heterocycles. The van der Waals surface area contributed by atoms with Gasteiger partial charge in [-0.3, -0.25) is 4.79 Å². The summed E-state index contributed by atoms with van der Waals surface area (Å²) in [7, 11) is 1.50. The maximum absolute atomic E-state index is 12.9. The van der Waals surface area contributed by atoms with Crippen LogP contribution in [0.1, 0.15) is 34.3 Å². The van der Waals surface area contributed by atoms with Gasteiger partial charge in [-0.05, 0) is 57.0 Å². The van der Waals surface area contributed by atoms with Crippen molar-refractivity contribution in [3.63, 3.8) is 0 Å². The van der Waals surface area contributed by atoms with Crippen molar-refractivity contribution in [2.24, 2.45) is 0 Å². The zero-order valence-electron chi connectivity index (χ0n) is 15.1. The Morgan fingerprint density at radius 1 is 0.963 bits per heavy atom. The van der Waals surface area contributed by atoms with Crippen molar-refractivity contribution in [1.82, 2.24) is 0 Å². The molecule has 0 bridgehead atoms. The Balaban J connectivity index is 1.80. The Morgan fingerprint density at radius 3 is 2.63 bits per heavy atom. The van der Waals surface area contributed by atoms with Crippen molar-refractivity contribution >= 4 is 38.9 Å². The number of fused-ring (bicyclic) bond motifs is 5. The SMILES string of the molecule is COC(=O)C1c2c(ccc3c2ccc2ccccc23)CCC1c1cccs1. The average Bonchev–Trinajstić information content (AvgIpc) is 3.26. The zero-order valence-corrected chi connectivity index (χ0v) is 16.0. The lowest BCUT2D eigenvalue weighted by Crippen LogP contribution is -2.27. The van der Waals surface area contributed by atoms with Gasteiger partial charge in [-0.15, -0.1) is 11.3 Å². The number of benzene rings is 3. The van der Waals surface area contributed by atoms with E-state index in [9.17, 15) is 4.79 Å². The molecule has 2 nitrogen and oxygen atoms in total. The van der Waals surface area contributed by atoms with Crippen molar-refractivity contribution in [1.29, 1.82) is 0 Å². The number of hydrogen-bond acceptors (Lipinski definition) is 3. The van der Waals surface area contributed by atoms with Crippen LogP contribution in [-0.4, -0.2) is 13.1 Å². The fourth-order valence-corrected chi connectivity index (χ4v) is 5.54. The molecule has 3 heteroatoms. The van der Waals surface area contributed by atoms with E-state index in [0.29, 0.717) is 0 Å². The largest absolute Gasteiger partial charge is 0.469 e. The molecule has 0 amide bonds. The molecule has 4 aromatic rings. The highest BCUT2D eigenvalue weighted by Gasteiger charge is 2.38. The fraction of sp³-hybridized carbons (Fsp3) is 0.208. The molecular weight excluding hydrogens is 352 g/mol. The number of methoxy groups -OCH3 is 1. The molecule has 134 valence electrons. The molecule has 2 unspecified atom stereocenters. The molecular formula is C24H20O2S. The second-order valence-electron chi connectivity index (χ2n) is 7.18. The van der Waals surface area contributed by atoms with E-state index >= 15 is 0 Å². The maximum Gasteiger partial charge on any atom is 0.313 e. The summed E-state index contributed by atoms with van der Waals surface area (Å²) >= 11 is 1.74. The molecule has 5 rings (SSSR count). The third kappa shape index (κ3) is 2.57. The number of esters is 1. The van der Waals surface area contributed by atoms with Gasteiger partial charge >= 0.3 is 5.97 Å². The minimum absolute atomic E-state index is 0.130. The van der Waals surface area contributed by atoms with Crippen LogP contribution in [0.3, 0.4) is 0 Å². The Kier molecular flexibility index (Phi) is 3.98. The summed E-state index contributed by atoms with van der Waals surface area (Å²) in [5.41, 5.74) is 2.44. The molecule has 0 saturated carbocycles. The van der Waals surface area contributed by atoms with Crippen LogP contribution < -0.4 is 0 Å². The Labute approximate surface area is 162 Å². The summed E-state index contributed by atoms with van der Waals surface area (Å²) in [5, 5.41) is 6.95. The Hall–Kier alpha value is -2.65. The average molecular weight is 372 g/mol. The van der Waals surface area contributed by atoms with Gasteiger partial charge in [0.05, 0.1) is 13.0 Å². The number of carbonyl (C=O) groups is 1. The third-order valence-electron chi connectivity index (χ3n) is 5.86. The number of carbonyl (C=O) groups excluding carboxylic acids is 1. The molecule has 0 spiro atoms. The Bertz CT molecular complexity index is 1140. The van der Waals surface area contributed by atoms with Crippen LogP contribution in [0, 0.1) is 0 Å². The van der Waals surface area contributed by atoms with Crippen LogP contribution in [0.4, 0.5) is 0 Å². The number of rotatable bonds is 2. The summed E-state index contributed by atoms with van der Waals surface area (Å²) in [6.07, 6.45) is 1.97. The predicted molar refractivity (Wildman–Crippen MR) is 112 cm³/mol. The number of aryl methyl sites for hydroxylation is 1. The molecule has 0 aliphatic heterocycles. The second-order valence-corrected chi connectivity index (χ2v) is 8.16. The van der Waals surface area contributed by atoms with E-state index in [0.717, 1.165) is 18.4 Å². The monoisotopic (exact) mass is 372 g/mol. The number of thiophene rings is 1. The fourth-order valence-electron chi connectivity index (χ4n) is 4.64. The maximum atomic E-state index is 12.9. The first-order valence-corrected chi connectivity index (χ1v) is 10.2. The lowest BCUT2D eigenvalue weighted by atomic mass is 9.72. The first-order chi connectivity index (χ1) is 13.3. The third-order valence-corrected chi connectivity index (χ3v) is 6.86. The lowest BCUT2D eigenvalue weighted by Gasteiger charge is -2.32. The standard InChI is InChI=1S/C24H20O2S/c1-26-24(25)23-20(21-7-4-14-27-21)13-10-16-9-11-18-17-6-3-2-5-15(17)8-12-19(18)22(16)23/h2-9,11-12,14,20,23H,10,13H2,1H3. The van der Waals surface area contributed by atoms with Crippen molar-refractivity contribution in [2.45, 2.75) is 24.7 Å². The molecule has 1 aliphatic carbocycles. The van der Waals surface area contributed by atoms with Crippen molar-refractivity contribution in [3.8, 4) is 0 Å². The highest BCUT2D eigenvalue weighted by Crippen LogP contribution is 2.47. The lowest BCUT2D eigenvalue weighted by molar-refractivity contribution is -0.143. The minimum atomic E-state index is -0.248. The summed E-state index contributed by atoms with van der Waals surface area (Å²) in [6.45, 7) is 0. The molecule has 3 aromatic carbocycles. The van der Waals surface area contributed by atoms with Crippen molar-refractivity contribution < 1.29 is 9.53 Å². The van der Waals surface area contributed by atoms with Crippen LogP contribution in [0.25, 0.3) is 21.5 Å². The van der Waals surface area contributed by atoms with Gasteiger partial charge in [-0.1, -0.05) is 54.6 Å². The quantitative estimate of drug-likeness (QED) is 0.317. The van der Waals surface area contributed by atoms with Crippen LogP contribution in [0.2, 0.25) is 0 Å². The van der Waals surface area contributed by atoms with Crippen molar-refractivity contribution in [2.75, 3.05) is 7.11 Å². The van der Waals surface area contributed by atoms with Crippen LogP contribution in [0.5, 0.6) is 0 Å². The predicted octanol–water partition coefficient (Wildman–Crippen LogP) is 6.04. The van der Waals surface area contributed by atoms with Gasteiger partial charge in [-0.25, -0.2) is 0 Å². The first kappa shape index (κ1) is 16.5. The minimum Gasteiger partial charge on any atom is -0.469 e. The molecule has 0 fully saturated rings. The van der Waals surface area contributed by atoms with E-state index in [4.69, 9.17) is 4.74 Å². The summed E-state index contributed by atoms with van der Waals surface area (Å²) in [4.78, 5) is 14.2. The molecule has 2 atom stereocenters. The molecule has 1 aromatic heterocycles. The van der Waals surface area contributed by atoms with Gasteiger partial charge in [-0.2, -0.15) is 0 Å². The highest BCUT2D eigenvalue weighted by atomic mass is 32.1. The molecule has 27 heavy (non-hydrogen) atoms. The van der Waals surface area contributed by atoms with E-state index in [1.54, 1.807) is 11.3 Å². The van der Waals surface area contributed by atoms with E-state index in [1.807, 2.05) is 0 Å². The second kappa shape index (κ2) is 6.50. The van der Waals surface area contributed by atoms with Crippen LogP contribution in [-0.2, 0) is 16.0 Å². The van der Waals surface area contributed by atoms with E-state index in [2.05, 4.69) is 66.0 Å². The zero-order chi connectivity index (χ0) is 18.4. The summed E-state index contributed by atoms with van der Waals surface area (Å²) in [5.74, 6) is -0.195. The van der Waals surface area contributed by atoms with Crippen LogP contribution in [0.15, 0.2) is 66.0 Å². The number of hydrogen-bond donors (Lipinski definition) is 0. The van der Waals surface area contributed by atoms with E-state index in [1.165, 1.54) is 39.1 Å². The van der Waals surface area contributed by atoms with Gasteiger partial charge in [0, 0.05) is 10.8 Å². The highest BCUT2D eigenvalue weighted by molar-refractivity contribution is 7.10. The summed E-state index contributed by atoms with van der Waals surface area (Å²) in [6, 6.07) is 21.4. The molecule has 1 aliphatic rings. The van der Waals surface area contributed by atoms with Gasteiger partial charge < -0.3 is 4.74 Å². The van der Waals surface area contributed by atoms with E-state index in [-0.39, 0.29) is 17.8 Å². The first-order valence-electron chi connectivity index (χ1n) is 9.32. The topological polar surface area (TPSA) is 26.3 Å². The van der Waals surface area contributed by atoms with Crippen LogP contribution >= 0.6 is 11.3 Å². The van der Waals surface area contributed by atoms with E-state index < -0.39 is 0 Å². The van der Waals surface area contributed by atoms with Crippen molar-refractivity contribution in [3.05, 3.63) is 82.0 Å². The molecule has 0 saturated heterocycles. The normalized spacial score (nSPS) is 19.1. The van der Waals surface area contributed by atoms with Gasteiger partial charge in [0.1, 0.15) is 0 Å². The number of ether oxygens (including phenoxy) is 1. The Morgan fingerprint density at radius 2 is 1.81 bits per heavy atom. The molecule has 0 N–H and O–H groups in total. The van der Waals surface area contributed by atoms with Gasteiger partial charge in [0.2, 0.25) is 0 Å². The van der Waals surface area contributed by atoms with Gasteiger partial charge in [0.15, 0.2) is 0 Å². The molecule has 0 radical (unpaired) electrons. The smallest absolute Gasteiger partial charge is 0.313 e. The summed E-state index contributed by atoms with van der Waals surface area (Å²) < 4.78 is 5.28.